The number of fused-ring (bicyclic) bond motifs is 6. The first-order valence-electron chi connectivity index (χ1n) is 16.3. The van der Waals surface area contributed by atoms with E-state index in [1.165, 1.54) is 0 Å². The molecule has 9 rings (SSSR count). The molecule has 0 aliphatic carbocycles. The lowest BCUT2D eigenvalue weighted by molar-refractivity contribution is 1.18. The van der Waals surface area contributed by atoms with E-state index in [9.17, 15) is 15.8 Å². The van der Waals surface area contributed by atoms with E-state index < -0.39 is 0 Å². The number of hydrogen-bond acceptors (Lipinski definition) is 3. The summed E-state index contributed by atoms with van der Waals surface area (Å²) in [5, 5.41) is 34.5. The van der Waals surface area contributed by atoms with E-state index in [0.29, 0.717) is 16.7 Å². The second kappa shape index (κ2) is 11.4. The van der Waals surface area contributed by atoms with Crippen molar-refractivity contribution in [3.8, 4) is 51.8 Å². The molecule has 9 aromatic rings. The van der Waals surface area contributed by atoms with Gasteiger partial charge in [-0.25, -0.2) is 0 Å². The highest BCUT2D eigenvalue weighted by atomic mass is 15.0. The van der Waals surface area contributed by atoms with Crippen LogP contribution in [0.15, 0.2) is 152 Å². The first-order valence-corrected chi connectivity index (χ1v) is 16.3. The molecule has 50 heavy (non-hydrogen) atoms. The van der Waals surface area contributed by atoms with Gasteiger partial charge >= 0.3 is 0 Å². The molecule has 0 amide bonds. The third-order valence-corrected chi connectivity index (χ3v) is 9.62. The lowest BCUT2D eigenvalue weighted by atomic mass is 9.93. The van der Waals surface area contributed by atoms with Crippen molar-refractivity contribution in [1.29, 1.82) is 15.8 Å². The Kier molecular flexibility index (Phi) is 6.56. The van der Waals surface area contributed by atoms with Gasteiger partial charge in [-0.3, -0.25) is 0 Å². The fourth-order valence-electron chi connectivity index (χ4n) is 7.39. The molecule has 0 fully saturated rings. The number of hydrogen-bond donors (Lipinski definition) is 0. The predicted octanol–water partition coefficient (Wildman–Crippen LogP) is 10.8. The largest absolute Gasteiger partial charge is 0.309 e. The summed E-state index contributed by atoms with van der Waals surface area (Å²) in [4.78, 5) is 0. The van der Waals surface area contributed by atoms with Crippen molar-refractivity contribution >= 4 is 43.6 Å². The topological polar surface area (TPSA) is 81.2 Å². The Labute approximate surface area is 287 Å². The van der Waals surface area contributed by atoms with Crippen molar-refractivity contribution in [2.45, 2.75) is 0 Å². The first-order chi connectivity index (χ1) is 24.7. The molecule has 0 radical (unpaired) electrons. The summed E-state index contributed by atoms with van der Waals surface area (Å²) < 4.78 is 4.45. The number of nitriles is 3. The Bertz CT molecular complexity index is 2920. The summed E-state index contributed by atoms with van der Waals surface area (Å²) >= 11 is 0. The van der Waals surface area contributed by atoms with E-state index in [1.807, 2.05) is 91.0 Å². The predicted molar refractivity (Wildman–Crippen MR) is 200 cm³/mol. The summed E-state index contributed by atoms with van der Waals surface area (Å²) in [5.74, 6) is 0. The fraction of sp³-hybridized carbons (Fsp3) is 0. The van der Waals surface area contributed by atoms with Gasteiger partial charge < -0.3 is 9.13 Å². The molecule has 0 atom stereocenters. The average Bonchev–Trinajstić information content (AvgIpc) is 3.70. The first kappa shape index (κ1) is 28.8. The van der Waals surface area contributed by atoms with E-state index >= 15 is 0 Å². The molecule has 7 aromatic carbocycles. The monoisotopic (exact) mass is 635 g/mol. The highest BCUT2D eigenvalue weighted by Crippen LogP contribution is 2.39. The summed E-state index contributed by atoms with van der Waals surface area (Å²) in [7, 11) is 0. The third kappa shape index (κ3) is 4.38. The SMILES string of the molecule is N#Cc1ccc(-n2c3ccccc3c3ccccc32)c(-c2ccc(-c3cccc(-n4c5ccccc5c5cc(C#N)ccc54)c3)cc2C#N)c1. The molecular weight excluding hydrogens is 611 g/mol. The van der Waals surface area contributed by atoms with Gasteiger partial charge in [0.1, 0.15) is 0 Å². The molecule has 0 spiro atoms. The van der Waals surface area contributed by atoms with Crippen LogP contribution in [-0.4, -0.2) is 9.13 Å². The zero-order chi connectivity index (χ0) is 33.8. The van der Waals surface area contributed by atoms with Crippen molar-refractivity contribution in [3.63, 3.8) is 0 Å². The van der Waals surface area contributed by atoms with Gasteiger partial charge in [-0.15, -0.1) is 0 Å². The van der Waals surface area contributed by atoms with Crippen LogP contribution in [0.25, 0.3) is 77.2 Å². The van der Waals surface area contributed by atoms with Gasteiger partial charge in [0.2, 0.25) is 0 Å². The Morgan fingerprint density at radius 2 is 0.960 bits per heavy atom. The van der Waals surface area contributed by atoms with Gasteiger partial charge in [0.05, 0.1) is 62.7 Å². The smallest absolute Gasteiger partial charge is 0.0998 e. The maximum Gasteiger partial charge on any atom is 0.0998 e. The van der Waals surface area contributed by atoms with Gasteiger partial charge in [0.25, 0.3) is 0 Å². The molecule has 0 aliphatic rings. The molecule has 0 saturated heterocycles. The van der Waals surface area contributed by atoms with Crippen molar-refractivity contribution < 1.29 is 0 Å². The molecule has 230 valence electrons. The van der Waals surface area contributed by atoms with Gasteiger partial charge in [-0.2, -0.15) is 15.8 Å². The van der Waals surface area contributed by atoms with Gasteiger partial charge in [-0.1, -0.05) is 78.9 Å². The zero-order valence-corrected chi connectivity index (χ0v) is 26.7. The van der Waals surface area contributed by atoms with Crippen molar-refractivity contribution in [1.82, 2.24) is 9.13 Å². The quantitative estimate of drug-likeness (QED) is 0.193. The third-order valence-electron chi connectivity index (χ3n) is 9.62. The van der Waals surface area contributed by atoms with Gasteiger partial charge in [0, 0.05) is 38.4 Å². The molecule has 2 aromatic heterocycles. The molecular formula is C45H25N5. The summed E-state index contributed by atoms with van der Waals surface area (Å²) in [6.07, 6.45) is 0. The van der Waals surface area contributed by atoms with Crippen molar-refractivity contribution in [2.24, 2.45) is 0 Å². The number of para-hydroxylation sites is 3. The van der Waals surface area contributed by atoms with Crippen LogP contribution in [0.1, 0.15) is 16.7 Å². The van der Waals surface area contributed by atoms with E-state index in [0.717, 1.165) is 77.2 Å². The fourth-order valence-corrected chi connectivity index (χ4v) is 7.39. The van der Waals surface area contributed by atoms with E-state index in [1.54, 1.807) is 0 Å². The van der Waals surface area contributed by atoms with E-state index in [4.69, 9.17) is 0 Å². The van der Waals surface area contributed by atoms with E-state index in [2.05, 4.69) is 88.0 Å². The van der Waals surface area contributed by atoms with Gasteiger partial charge in [0.15, 0.2) is 0 Å². The summed E-state index contributed by atoms with van der Waals surface area (Å²) in [6, 6.07) is 57.7. The van der Waals surface area contributed by atoms with Crippen LogP contribution in [-0.2, 0) is 0 Å². The number of rotatable bonds is 4. The Morgan fingerprint density at radius 3 is 1.64 bits per heavy atom. The average molecular weight is 636 g/mol. The molecule has 0 saturated carbocycles. The lowest BCUT2D eigenvalue weighted by Crippen LogP contribution is -1.99. The highest BCUT2D eigenvalue weighted by molar-refractivity contribution is 6.11. The molecule has 0 aliphatic heterocycles. The summed E-state index contributed by atoms with van der Waals surface area (Å²) in [5.41, 5.74) is 11.2. The molecule has 5 heteroatoms. The molecule has 5 nitrogen and oxygen atoms in total. The second-order valence-corrected chi connectivity index (χ2v) is 12.3. The van der Waals surface area contributed by atoms with Crippen LogP contribution in [0.2, 0.25) is 0 Å². The Hall–Kier alpha value is -7.39. The lowest BCUT2D eigenvalue weighted by Gasteiger charge is -2.16. The minimum atomic E-state index is 0.519. The summed E-state index contributed by atoms with van der Waals surface area (Å²) in [6.45, 7) is 0. The second-order valence-electron chi connectivity index (χ2n) is 12.3. The zero-order valence-electron chi connectivity index (χ0n) is 26.7. The van der Waals surface area contributed by atoms with Crippen LogP contribution in [0.3, 0.4) is 0 Å². The Balaban J connectivity index is 1.21. The van der Waals surface area contributed by atoms with Crippen molar-refractivity contribution in [3.05, 3.63) is 168 Å². The minimum absolute atomic E-state index is 0.519. The maximum atomic E-state index is 10.6. The van der Waals surface area contributed by atoms with Crippen LogP contribution < -0.4 is 0 Å². The highest BCUT2D eigenvalue weighted by Gasteiger charge is 2.19. The standard InChI is InChI=1S/C45H25N5/c46-26-29-17-21-45(50-42-14-5-1-10-36(42)37-11-2-6-15-43(37)50)39(22-29)35-19-18-32(24-33(35)28-48)31-8-7-9-34(25-31)49-41-13-4-3-12-38(41)40-23-30(27-47)16-20-44(40)49/h1-25H. The normalized spacial score (nSPS) is 11.1. The molecule has 0 N–H and O–H groups in total. The van der Waals surface area contributed by atoms with E-state index in [-0.39, 0.29) is 0 Å². The molecule has 2 heterocycles. The maximum absolute atomic E-state index is 10.6. The molecule has 0 bridgehead atoms. The van der Waals surface area contributed by atoms with Crippen LogP contribution >= 0.6 is 0 Å². The van der Waals surface area contributed by atoms with Crippen LogP contribution in [0.4, 0.5) is 0 Å². The number of aromatic nitrogens is 2. The Morgan fingerprint density at radius 1 is 0.380 bits per heavy atom. The van der Waals surface area contributed by atoms with Crippen molar-refractivity contribution in [2.75, 3.05) is 0 Å². The number of nitrogens with zero attached hydrogens (tertiary/aromatic N) is 5. The molecule has 0 unspecified atom stereocenters. The van der Waals surface area contributed by atoms with Crippen LogP contribution in [0, 0.1) is 34.0 Å². The number of benzene rings is 7. The van der Waals surface area contributed by atoms with Crippen LogP contribution in [0.5, 0.6) is 0 Å². The minimum Gasteiger partial charge on any atom is -0.309 e. The van der Waals surface area contributed by atoms with Gasteiger partial charge in [-0.05, 0) is 83.9 Å².